The number of aliphatic carboxylic acids is 1. The second-order valence-corrected chi connectivity index (χ2v) is 4.83. The van der Waals surface area contributed by atoms with Gasteiger partial charge >= 0.3 is 5.97 Å². The fourth-order valence-electron chi connectivity index (χ4n) is 1.45. The highest BCUT2D eigenvalue weighted by atomic mass is 16.5. The molecule has 1 rings (SSSR count). The van der Waals surface area contributed by atoms with Gasteiger partial charge in [0.25, 0.3) is 0 Å². The molecule has 0 amide bonds. The Labute approximate surface area is 106 Å². The van der Waals surface area contributed by atoms with E-state index in [0.29, 0.717) is 31.0 Å². The van der Waals surface area contributed by atoms with Gasteiger partial charge in [0.05, 0.1) is 12.0 Å². The molecule has 0 saturated heterocycles. The minimum atomic E-state index is -0.775. The lowest BCUT2D eigenvalue weighted by atomic mass is 10.1. The molecule has 6 nitrogen and oxygen atoms in total. The average molecular weight is 256 g/mol. The number of ether oxygens (including phenoxy) is 1. The summed E-state index contributed by atoms with van der Waals surface area (Å²) in [6.07, 6.45) is 2.72. The van der Waals surface area contributed by atoms with Gasteiger partial charge in [0, 0.05) is 20.0 Å². The minimum Gasteiger partial charge on any atom is -0.481 e. The van der Waals surface area contributed by atoms with Gasteiger partial charge in [0.1, 0.15) is 0 Å². The molecule has 0 unspecified atom stereocenters. The monoisotopic (exact) mass is 256 g/mol. The molecule has 1 heterocycles. The molecule has 0 saturated carbocycles. The van der Waals surface area contributed by atoms with E-state index in [-0.39, 0.29) is 12.0 Å². The first kappa shape index (κ1) is 14.6. The first-order valence-corrected chi connectivity index (χ1v) is 6.01. The lowest BCUT2D eigenvalue weighted by Gasteiger charge is -2.20. The highest BCUT2D eigenvalue weighted by molar-refractivity contribution is 5.66. The van der Waals surface area contributed by atoms with Crippen LogP contribution in [-0.2, 0) is 22.4 Å². The number of carboxylic acids is 1. The Bertz CT molecular complexity index is 387. The van der Waals surface area contributed by atoms with Crippen molar-refractivity contribution in [3.63, 3.8) is 0 Å². The van der Waals surface area contributed by atoms with E-state index in [2.05, 4.69) is 10.2 Å². The normalized spacial score (nSPS) is 11.7. The first-order chi connectivity index (χ1) is 8.43. The van der Waals surface area contributed by atoms with Gasteiger partial charge in [-0.2, -0.15) is 0 Å². The summed E-state index contributed by atoms with van der Waals surface area (Å²) in [5, 5.41) is 16.4. The zero-order valence-corrected chi connectivity index (χ0v) is 11.1. The minimum absolute atomic E-state index is 0.178. The lowest BCUT2D eigenvalue weighted by Crippen LogP contribution is -2.25. The Hall–Kier alpha value is -1.43. The van der Waals surface area contributed by atoms with Crippen LogP contribution in [0, 0.1) is 0 Å². The number of unbranched alkanes of at least 4 members (excludes halogenated alkanes) is 1. The number of aryl methyl sites for hydroxylation is 1. The van der Waals surface area contributed by atoms with E-state index < -0.39 is 5.97 Å². The molecule has 102 valence electrons. The van der Waals surface area contributed by atoms with Crippen LogP contribution in [0.15, 0.2) is 4.42 Å². The van der Waals surface area contributed by atoms with E-state index in [4.69, 9.17) is 14.3 Å². The molecular formula is C12H20N2O4. The highest BCUT2D eigenvalue weighted by Crippen LogP contribution is 2.15. The second kappa shape index (κ2) is 6.49. The summed E-state index contributed by atoms with van der Waals surface area (Å²) in [5.41, 5.74) is -0.326. The van der Waals surface area contributed by atoms with Crippen molar-refractivity contribution < 1.29 is 19.1 Å². The van der Waals surface area contributed by atoms with Crippen LogP contribution in [-0.4, -0.2) is 34.0 Å². The summed E-state index contributed by atoms with van der Waals surface area (Å²) < 4.78 is 10.8. The van der Waals surface area contributed by atoms with Gasteiger partial charge in [0.2, 0.25) is 11.8 Å². The van der Waals surface area contributed by atoms with E-state index in [1.165, 1.54) is 0 Å². The van der Waals surface area contributed by atoms with Gasteiger partial charge in [-0.1, -0.05) is 0 Å². The smallest absolute Gasteiger partial charge is 0.303 e. The predicted molar refractivity (Wildman–Crippen MR) is 64.3 cm³/mol. The maximum atomic E-state index is 10.3. The molecule has 0 atom stereocenters. The zero-order valence-electron chi connectivity index (χ0n) is 11.1. The summed E-state index contributed by atoms with van der Waals surface area (Å²) in [4.78, 5) is 10.3. The number of rotatable bonds is 8. The maximum Gasteiger partial charge on any atom is 0.303 e. The molecule has 1 N–H and O–H groups in total. The number of aromatic nitrogens is 2. The van der Waals surface area contributed by atoms with Crippen molar-refractivity contribution in [3.05, 3.63) is 11.8 Å². The van der Waals surface area contributed by atoms with Crippen molar-refractivity contribution in [2.75, 3.05) is 7.11 Å². The predicted octanol–water partition coefficient (Wildman–Crippen LogP) is 1.83. The zero-order chi connectivity index (χ0) is 13.6. The van der Waals surface area contributed by atoms with Gasteiger partial charge in [-0.05, 0) is 26.7 Å². The van der Waals surface area contributed by atoms with Gasteiger partial charge in [0.15, 0.2) is 0 Å². The Morgan fingerprint density at radius 3 is 2.61 bits per heavy atom. The quantitative estimate of drug-likeness (QED) is 0.714. The first-order valence-electron chi connectivity index (χ1n) is 6.01. The van der Waals surface area contributed by atoms with E-state index in [1.807, 2.05) is 13.8 Å². The summed E-state index contributed by atoms with van der Waals surface area (Å²) in [6, 6.07) is 0. The molecule has 0 bridgehead atoms. The van der Waals surface area contributed by atoms with E-state index in [1.54, 1.807) is 7.11 Å². The SMILES string of the molecule is COC(C)(C)Cc1nnc(CCCCC(=O)O)o1. The Kier molecular flexibility index (Phi) is 5.27. The summed E-state index contributed by atoms with van der Waals surface area (Å²) >= 11 is 0. The van der Waals surface area contributed by atoms with Crippen LogP contribution in [0.5, 0.6) is 0 Å². The van der Waals surface area contributed by atoms with E-state index in [0.717, 1.165) is 6.42 Å². The molecule has 1 aromatic heterocycles. The topological polar surface area (TPSA) is 85.5 Å². The third-order valence-corrected chi connectivity index (χ3v) is 2.67. The molecule has 6 heteroatoms. The Morgan fingerprint density at radius 1 is 1.33 bits per heavy atom. The number of hydrogen-bond donors (Lipinski definition) is 1. The fourth-order valence-corrected chi connectivity index (χ4v) is 1.45. The standard InChI is InChI=1S/C12H20N2O4/c1-12(2,17-3)8-10-14-13-9(18-10)6-4-5-7-11(15)16/h4-8H2,1-3H3,(H,15,16). The molecule has 1 aromatic rings. The Morgan fingerprint density at radius 2 is 2.00 bits per heavy atom. The van der Waals surface area contributed by atoms with Crippen LogP contribution >= 0.6 is 0 Å². The van der Waals surface area contributed by atoms with E-state index >= 15 is 0 Å². The second-order valence-electron chi connectivity index (χ2n) is 4.83. The van der Waals surface area contributed by atoms with Crippen LogP contribution in [0.4, 0.5) is 0 Å². The van der Waals surface area contributed by atoms with Crippen LogP contribution in [0.2, 0.25) is 0 Å². The van der Waals surface area contributed by atoms with Gasteiger partial charge in [-0.3, -0.25) is 4.79 Å². The van der Waals surface area contributed by atoms with Gasteiger partial charge in [-0.25, -0.2) is 0 Å². The molecule has 0 aliphatic heterocycles. The van der Waals surface area contributed by atoms with Crippen LogP contribution < -0.4 is 0 Å². The molecule has 0 spiro atoms. The average Bonchev–Trinajstić information content (AvgIpc) is 2.71. The summed E-state index contributed by atoms with van der Waals surface area (Å²) in [6.45, 7) is 3.90. The molecule has 0 aliphatic carbocycles. The highest BCUT2D eigenvalue weighted by Gasteiger charge is 2.21. The number of carboxylic acid groups (broad SMARTS) is 1. The third-order valence-electron chi connectivity index (χ3n) is 2.67. The van der Waals surface area contributed by atoms with Crippen molar-refractivity contribution in [1.29, 1.82) is 0 Å². The van der Waals surface area contributed by atoms with Crippen molar-refractivity contribution in [1.82, 2.24) is 10.2 Å². The molecule has 0 aromatic carbocycles. The third kappa shape index (κ3) is 5.27. The van der Waals surface area contributed by atoms with Crippen molar-refractivity contribution in [2.24, 2.45) is 0 Å². The van der Waals surface area contributed by atoms with Crippen LogP contribution in [0.25, 0.3) is 0 Å². The molecule has 18 heavy (non-hydrogen) atoms. The van der Waals surface area contributed by atoms with Crippen molar-refractivity contribution in [3.8, 4) is 0 Å². The lowest BCUT2D eigenvalue weighted by molar-refractivity contribution is -0.137. The summed E-state index contributed by atoms with van der Waals surface area (Å²) in [5.74, 6) is 0.334. The van der Waals surface area contributed by atoms with Gasteiger partial charge in [-0.15, -0.1) is 10.2 Å². The van der Waals surface area contributed by atoms with E-state index in [9.17, 15) is 4.79 Å². The maximum absolute atomic E-state index is 10.3. The summed E-state index contributed by atoms with van der Waals surface area (Å²) in [7, 11) is 1.64. The number of methoxy groups -OCH3 is 1. The number of carbonyl (C=O) groups is 1. The Balaban J connectivity index is 2.37. The van der Waals surface area contributed by atoms with Crippen LogP contribution in [0.1, 0.15) is 44.9 Å². The number of hydrogen-bond acceptors (Lipinski definition) is 5. The van der Waals surface area contributed by atoms with Crippen LogP contribution in [0.3, 0.4) is 0 Å². The van der Waals surface area contributed by atoms with Gasteiger partial charge < -0.3 is 14.3 Å². The largest absolute Gasteiger partial charge is 0.481 e. The van der Waals surface area contributed by atoms with Crippen molar-refractivity contribution >= 4 is 5.97 Å². The fraction of sp³-hybridized carbons (Fsp3) is 0.750. The van der Waals surface area contributed by atoms with Crippen molar-refractivity contribution in [2.45, 2.75) is 51.6 Å². The molecule has 0 fully saturated rings. The number of nitrogens with zero attached hydrogens (tertiary/aromatic N) is 2. The molecule has 0 radical (unpaired) electrons. The molecular weight excluding hydrogens is 236 g/mol. The molecule has 0 aliphatic rings.